The maximum Gasteiger partial charge on any atom is 0.251 e. The quantitative estimate of drug-likeness (QED) is 0.677. The zero-order valence-electron chi connectivity index (χ0n) is 7.02. The number of hydrogen-bond donors (Lipinski definition) is 1. The Morgan fingerprint density at radius 1 is 1.42 bits per heavy atom. The maximum atomic E-state index is 13.0. The van der Waals surface area contributed by atoms with Crippen molar-refractivity contribution in [1.82, 2.24) is 0 Å². The van der Waals surface area contributed by atoms with Gasteiger partial charge in [0.25, 0.3) is 5.91 Å². The van der Waals surface area contributed by atoms with Gasteiger partial charge in [-0.25, -0.2) is 4.39 Å². The summed E-state index contributed by atoms with van der Waals surface area (Å²) in [7, 11) is 0. The minimum atomic E-state index is -0.714. The molecule has 0 aromatic heterocycles. The van der Waals surface area contributed by atoms with Crippen molar-refractivity contribution in [3.05, 3.63) is 34.6 Å². The van der Waals surface area contributed by atoms with Gasteiger partial charge in [-0.15, -0.1) is 0 Å². The Balaban J connectivity index is 3.43. The van der Waals surface area contributed by atoms with E-state index in [1.54, 1.807) is 19.9 Å². The third-order valence-corrected chi connectivity index (χ3v) is 1.93. The predicted octanol–water partition coefficient (Wildman–Crippen LogP) is 1.54. The average Bonchev–Trinajstić information content (AvgIpc) is 1.97. The first-order chi connectivity index (χ1) is 5.54. The van der Waals surface area contributed by atoms with Crippen LogP contribution in [0, 0.1) is 19.7 Å². The second kappa shape index (κ2) is 2.93. The maximum absolute atomic E-state index is 13.0. The average molecular weight is 167 g/mol. The smallest absolute Gasteiger partial charge is 0.251 e. The highest BCUT2D eigenvalue weighted by Crippen LogP contribution is 2.15. The number of carbonyl (C=O) groups is 1. The fourth-order valence-corrected chi connectivity index (χ4v) is 1.09. The highest BCUT2D eigenvalue weighted by atomic mass is 19.1. The molecule has 0 radical (unpaired) electrons. The van der Waals surface area contributed by atoms with Gasteiger partial charge >= 0.3 is 0 Å². The van der Waals surface area contributed by atoms with Gasteiger partial charge in [0, 0.05) is 0 Å². The van der Waals surface area contributed by atoms with Crippen LogP contribution in [0.5, 0.6) is 0 Å². The van der Waals surface area contributed by atoms with Crippen molar-refractivity contribution in [3.8, 4) is 0 Å². The van der Waals surface area contributed by atoms with Crippen LogP contribution in [-0.4, -0.2) is 5.91 Å². The van der Waals surface area contributed by atoms with Crippen LogP contribution in [0.2, 0.25) is 0 Å². The number of carbonyl (C=O) groups excluding carboxylic acids is 1. The highest BCUT2D eigenvalue weighted by Gasteiger charge is 2.12. The molecule has 0 unspecified atom stereocenters. The van der Waals surface area contributed by atoms with Crippen LogP contribution in [0.1, 0.15) is 21.5 Å². The fourth-order valence-electron chi connectivity index (χ4n) is 1.09. The molecule has 0 bridgehead atoms. The molecule has 1 amide bonds. The van der Waals surface area contributed by atoms with Gasteiger partial charge in [0.2, 0.25) is 0 Å². The molecular formula is C9H10FNO. The third kappa shape index (κ3) is 1.30. The third-order valence-electron chi connectivity index (χ3n) is 1.93. The number of halogens is 1. The standard InChI is InChI=1S/C9H10FNO/c1-5-3-4-7(10)8(6(5)2)9(11)12/h3-4H,1-2H3,(H2,11,12). The fraction of sp³-hybridized carbons (Fsp3) is 0.222. The van der Waals surface area contributed by atoms with Crippen LogP contribution in [0.15, 0.2) is 12.1 Å². The summed E-state index contributed by atoms with van der Waals surface area (Å²) in [6, 6.07) is 2.87. The first kappa shape index (κ1) is 8.71. The molecule has 12 heavy (non-hydrogen) atoms. The van der Waals surface area contributed by atoms with Crippen molar-refractivity contribution in [3.63, 3.8) is 0 Å². The van der Waals surface area contributed by atoms with Crippen LogP contribution in [0.4, 0.5) is 4.39 Å². The van der Waals surface area contributed by atoms with E-state index in [0.717, 1.165) is 5.56 Å². The number of amides is 1. The minimum Gasteiger partial charge on any atom is -0.365 e. The second-order valence-corrected chi connectivity index (χ2v) is 2.73. The van der Waals surface area contributed by atoms with E-state index in [9.17, 15) is 9.18 Å². The highest BCUT2D eigenvalue weighted by molar-refractivity contribution is 5.94. The Labute approximate surface area is 70.2 Å². The Morgan fingerprint density at radius 2 is 2.00 bits per heavy atom. The summed E-state index contributed by atoms with van der Waals surface area (Å²) in [6.07, 6.45) is 0. The van der Waals surface area contributed by atoms with E-state index in [2.05, 4.69) is 0 Å². The monoisotopic (exact) mass is 167 g/mol. The molecule has 0 atom stereocenters. The summed E-state index contributed by atoms with van der Waals surface area (Å²) in [5.41, 5.74) is 6.48. The largest absolute Gasteiger partial charge is 0.365 e. The topological polar surface area (TPSA) is 43.1 Å². The molecule has 0 aliphatic rings. The molecule has 2 nitrogen and oxygen atoms in total. The van der Waals surface area contributed by atoms with Gasteiger partial charge in [-0.05, 0) is 31.0 Å². The molecule has 2 N–H and O–H groups in total. The summed E-state index contributed by atoms with van der Waals surface area (Å²) in [4.78, 5) is 10.8. The van der Waals surface area contributed by atoms with Gasteiger partial charge < -0.3 is 5.73 Å². The van der Waals surface area contributed by atoms with Crippen LogP contribution in [-0.2, 0) is 0 Å². The van der Waals surface area contributed by atoms with E-state index < -0.39 is 11.7 Å². The zero-order valence-corrected chi connectivity index (χ0v) is 7.02. The number of primary amides is 1. The summed E-state index contributed by atoms with van der Waals surface area (Å²) in [5, 5.41) is 0. The van der Waals surface area contributed by atoms with Gasteiger partial charge in [0.1, 0.15) is 5.82 Å². The van der Waals surface area contributed by atoms with Gasteiger partial charge in [-0.1, -0.05) is 6.07 Å². The second-order valence-electron chi connectivity index (χ2n) is 2.73. The summed E-state index contributed by atoms with van der Waals surface area (Å²) in [6.45, 7) is 3.49. The molecule has 1 rings (SSSR count). The van der Waals surface area contributed by atoms with Crippen molar-refractivity contribution in [2.24, 2.45) is 5.73 Å². The predicted molar refractivity (Wildman–Crippen MR) is 44.4 cm³/mol. The molecule has 0 aliphatic carbocycles. The van der Waals surface area contributed by atoms with Gasteiger partial charge in [-0.3, -0.25) is 4.79 Å². The number of rotatable bonds is 1. The molecule has 0 saturated heterocycles. The van der Waals surface area contributed by atoms with Crippen molar-refractivity contribution >= 4 is 5.91 Å². The van der Waals surface area contributed by atoms with E-state index in [1.165, 1.54) is 6.07 Å². The normalized spacial score (nSPS) is 9.92. The lowest BCUT2D eigenvalue weighted by Crippen LogP contribution is -2.15. The summed E-state index contributed by atoms with van der Waals surface area (Å²) < 4.78 is 13.0. The summed E-state index contributed by atoms with van der Waals surface area (Å²) >= 11 is 0. The Bertz CT molecular complexity index is 334. The van der Waals surface area contributed by atoms with Gasteiger partial charge in [0.15, 0.2) is 0 Å². The van der Waals surface area contributed by atoms with Gasteiger partial charge in [0.05, 0.1) is 5.56 Å². The Kier molecular flexibility index (Phi) is 2.13. The molecule has 0 heterocycles. The lowest BCUT2D eigenvalue weighted by atomic mass is 10.0. The molecule has 1 aromatic rings. The molecular weight excluding hydrogens is 157 g/mol. The molecule has 0 saturated carbocycles. The molecule has 0 aliphatic heterocycles. The lowest BCUT2D eigenvalue weighted by Gasteiger charge is -2.05. The first-order valence-electron chi connectivity index (χ1n) is 3.59. The molecule has 0 spiro atoms. The Hall–Kier alpha value is -1.38. The van der Waals surface area contributed by atoms with E-state index in [4.69, 9.17) is 5.73 Å². The van der Waals surface area contributed by atoms with E-state index in [-0.39, 0.29) is 5.56 Å². The van der Waals surface area contributed by atoms with Crippen LogP contribution < -0.4 is 5.73 Å². The first-order valence-corrected chi connectivity index (χ1v) is 3.59. The van der Waals surface area contributed by atoms with Crippen LogP contribution in [0.3, 0.4) is 0 Å². The molecule has 0 fully saturated rings. The van der Waals surface area contributed by atoms with Crippen molar-refractivity contribution in [1.29, 1.82) is 0 Å². The van der Waals surface area contributed by atoms with E-state index >= 15 is 0 Å². The molecule has 3 heteroatoms. The van der Waals surface area contributed by atoms with Gasteiger partial charge in [-0.2, -0.15) is 0 Å². The molecule has 64 valence electrons. The van der Waals surface area contributed by atoms with Crippen molar-refractivity contribution < 1.29 is 9.18 Å². The van der Waals surface area contributed by atoms with Crippen molar-refractivity contribution in [2.75, 3.05) is 0 Å². The SMILES string of the molecule is Cc1ccc(F)c(C(N)=O)c1C. The van der Waals surface area contributed by atoms with Crippen LogP contribution >= 0.6 is 0 Å². The van der Waals surface area contributed by atoms with Crippen LogP contribution in [0.25, 0.3) is 0 Å². The van der Waals surface area contributed by atoms with E-state index in [0.29, 0.717) is 5.56 Å². The number of hydrogen-bond acceptors (Lipinski definition) is 1. The van der Waals surface area contributed by atoms with Crippen molar-refractivity contribution in [2.45, 2.75) is 13.8 Å². The van der Waals surface area contributed by atoms with E-state index in [1.807, 2.05) is 0 Å². The number of aryl methyl sites for hydroxylation is 1. The Morgan fingerprint density at radius 3 is 2.42 bits per heavy atom. The molecule has 1 aromatic carbocycles. The summed E-state index contributed by atoms with van der Waals surface area (Å²) in [5.74, 6) is -1.26. The minimum absolute atomic E-state index is 0.00463. The zero-order chi connectivity index (χ0) is 9.30. The number of benzene rings is 1. The lowest BCUT2D eigenvalue weighted by molar-refractivity contribution is 0.0996. The number of nitrogens with two attached hydrogens (primary N) is 1.